The second-order valence-corrected chi connectivity index (χ2v) is 8.14. The molecular weight excluding hydrogens is 374 g/mol. The first-order valence-electron chi connectivity index (χ1n) is 9.82. The topological polar surface area (TPSA) is 64.6 Å². The summed E-state index contributed by atoms with van der Waals surface area (Å²) in [6.45, 7) is 4.10. The third-order valence-electron chi connectivity index (χ3n) is 5.26. The highest BCUT2D eigenvalue weighted by Crippen LogP contribution is 2.40. The summed E-state index contributed by atoms with van der Waals surface area (Å²) in [4.78, 5) is 26.5. The minimum Gasteiger partial charge on any atom is -0.481 e. The number of carbonyl (C=O) groups excluding carboxylic acids is 2. The fourth-order valence-corrected chi connectivity index (χ4v) is 4.94. The third kappa shape index (κ3) is 4.38. The molecular formula is C22H27NO4S. The van der Waals surface area contributed by atoms with Gasteiger partial charge in [-0.1, -0.05) is 38.5 Å². The summed E-state index contributed by atoms with van der Waals surface area (Å²) in [6.07, 6.45) is 3.88. The van der Waals surface area contributed by atoms with Crippen molar-refractivity contribution in [1.82, 2.24) is 0 Å². The largest absolute Gasteiger partial charge is 0.481 e. The van der Waals surface area contributed by atoms with Gasteiger partial charge in [-0.25, -0.2) is 4.79 Å². The number of thiophene rings is 1. The van der Waals surface area contributed by atoms with E-state index in [1.807, 2.05) is 37.3 Å². The zero-order chi connectivity index (χ0) is 20.1. The van der Waals surface area contributed by atoms with Crippen LogP contribution in [0.4, 0.5) is 5.00 Å². The van der Waals surface area contributed by atoms with Crippen LogP contribution in [0.2, 0.25) is 0 Å². The molecule has 1 aromatic carbocycles. The van der Waals surface area contributed by atoms with E-state index in [2.05, 4.69) is 12.2 Å². The molecule has 28 heavy (non-hydrogen) atoms. The highest BCUT2D eigenvalue weighted by atomic mass is 32.1. The Morgan fingerprint density at radius 3 is 2.64 bits per heavy atom. The standard InChI is InChI=1S/C22H27NO4S/c1-4-14-11-12-16-18(13-14)28-21(19(16)22(25)26-3)23-20(24)17(5-2)27-15-9-7-6-8-10-15/h6-10,14,17H,4-5,11-13H2,1-3H3,(H,23,24)/t14-,17-/m0/s1. The van der Waals surface area contributed by atoms with Gasteiger partial charge in [-0.05, 0) is 49.3 Å². The molecule has 0 radical (unpaired) electrons. The minimum absolute atomic E-state index is 0.248. The number of anilines is 1. The van der Waals surface area contributed by atoms with Gasteiger partial charge in [0.1, 0.15) is 10.8 Å². The second kappa shape index (κ2) is 9.24. The lowest BCUT2D eigenvalue weighted by atomic mass is 9.85. The zero-order valence-corrected chi connectivity index (χ0v) is 17.4. The molecule has 1 aliphatic carbocycles. The molecule has 6 heteroatoms. The molecule has 0 saturated heterocycles. The first kappa shape index (κ1) is 20.4. The Balaban J connectivity index is 1.83. The predicted octanol–water partition coefficient (Wildman–Crippen LogP) is 4.85. The van der Waals surface area contributed by atoms with Crippen molar-refractivity contribution in [3.8, 4) is 5.75 Å². The van der Waals surface area contributed by atoms with Crippen molar-refractivity contribution in [3.05, 3.63) is 46.3 Å². The molecule has 0 unspecified atom stereocenters. The van der Waals surface area contributed by atoms with Crippen molar-refractivity contribution in [3.63, 3.8) is 0 Å². The van der Waals surface area contributed by atoms with Crippen LogP contribution in [0, 0.1) is 5.92 Å². The van der Waals surface area contributed by atoms with E-state index in [1.54, 1.807) is 0 Å². The summed E-state index contributed by atoms with van der Waals surface area (Å²) in [5.41, 5.74) is 1.55. The molecule has 0 saturated carbocycles. The number of ether oxygens (including phenoxy) is 2. The van der Waals surface area contributed by atoms with Crippen LogP contribution in [0.25, 0.3) is 0 Å². The molecule has 1 amide bonds. The van der Waals surface area contributed by atoms with Crippen molar-refractivity contribution in [2.45, 2.75) is 52.1 Å². The van der Waals surface area contributed by atoms with Crippen molar-refractivity contribution in [2.75, 3.05) is 12.4 Å². The number of fused-ring (bicyclic) bond motifs is 1. The molecule has 0 bridgehead atoms. The van der Waals surface area contributed by atoms with Crippen LogP contribution >= 0.6 is 11.3 Å². The maximum Gasteiger partial charge on any atom is 0.341 e. The maximum atomic E-state index is 12.9. The number of hydrogen-bond donors (Lipinski definition) is 1. The molecule has 0 fully saturated rings. The average molecular weight is 402 g/mol. The number of para-hydroxylation sites is 1. The van der Waals surface area contributed by atoms with E-state index in [0.29, 0.717) is 28.7 Å². The molecule has 0 spiro atoms. The Labute approximate surface area is 170 Å². The van der Waals surface area contributed by atoms with Gasteiger partial charge >= 0.3 is 5.97 Å². The second-order valence-electron chi connectivity index (χ2n) is 7.03. The van der Waals surface area contributed by atoms with E-state index >= 15 is 0 Å². The fraction of sp³-hybridized carbons (Fsp3) is 0.455. The Morgan fingerprint density at radius 1 is 1.25 bits per heavy atom. The van der Waals surface area contributed by atoms with Crippen LogP contribution in [0.5, 0.6) is 5.75 Å². The van der Waals surface area contributed by atoms with Crippen LogP contribution in [0.1, 0.15) is 53.9 Å². The number of esters is 1. The molecule has 1 aliphatic rings. The molecule has 150 valence electrons. The molecule has 1 heterocycles. The Morgan fingerprint density at radius 2 is 2.00 bits per heavy atom. The Hall–Kier alpha value is -2.34. The van der Waals surface area contributed by atoms with Crippen LogP contribution in [-0.4, -0.2) is 25.1 Å². The fourth-order valence-electron chi connectivity index (χ4n) is 3.59. The number of rotatable bonds is 7. The Kier molecular flexibility index (Phi) is 6.73. The van der Waals surface area contributed by atoms with Crippen molar-refractivity contribution < 1.29 is 19.1 Å². The molecule has 0 aliphatic heterocycles. The van der Waals surface area contributed by atoms with Crippen LogP contribution in [-0.2, 0) is 22.4 Å². The lowest BCUT2D eigenvalue weighted by Gasteiger charge is -2.20. The van der Waals surface area contributed by atoms with Crippen LogP contribution < -0.4 is 10.1 Å². The molecule has 1 aromatic heterocycles. The third-order valence-corrected chi connectivity index (χ3v) is 6.43. The van der Waals surface area contributed by atoms with E-state index in [9.17, 15) is 9.59 Å². The highest BCUT2D eigenvalue weighted by molar-refractivity contribution is 7.17. The highest BCUT2D eigenvalue weighted by Gasteiger charge is 2.30. The van der Waals surface area contributed by atoms with Gasteiger partial charge < -0.3 is 14.8 Å². The van der Waals surface area contributed by atoms with Gasteiger partial charge in [0.2, 0.25) is 0 Å². The minimum atomic E-state index is -0.629. The molecule has 1 N–H and O–H groups in total. The molecule has 2 atom stereocenters. The van der Waals surface area contributed by atoms with Gasteiger partial charge in [0.15, 0.2) is 6.10 Å². The van der Waals surface area contributed by atoms with Crippen molar-refractivity contribution in [1.29, 1.82) is 0 Å². The van der Waals surface area contributed by atoms with E-state index in [0.717, 1.165) is 31.2 Å². The van der Waals surface area contributed by atoms with Gasteiger partial charge in [-0.3, -0.25) is 4.79 Å². The smallest absolute Gasteiger partial charge is 0.341 e. The van der Waals surface area contributed by atoms with E-state index < -0.39 is 6.10 Å². The summed E-state index contributed by atoms with van der Waals surface area (Å²) < 4.78 is 10.8. The quantitative estimate of drug-likeness (QED) is 0.674. The summed E-state index contributed by atoms with van der Waals surface area (Å²) >= 11 is 1.50. The summed E-state index contributed by atoms with van der Waals surface area (Å²) in [7, 11) is 1.38. The van der Waals surface area contributed by atoms with Gasteiger partial charge in [0.05, 0.1) is 12.7 Å². The number of nitrogens with one attached hydrogen (secondary N) is 1. The zero-order valence-electron chi connectivity index (χ0n) is 16.6. The number of benzene rings is 1. The van der Waals surface area contributed by atoms with Gasteiger partial charge in [0.25, 0.3) is 5.91 Å². The summed E-state index contributed by atoms with van der Waals surface area (Å²) in [5, 5.41) is 3.52. The molecule has 2 aromatic rings. The van der Waals surface area contributed by atoms with Gasteiger partial charge in [-0.2, -0.15) is 0 Å². The van der Waals surface area contributed by atoms with E-state index in [-0.39, 0.29) is 11.9 Å². The normalized spacial score (nSPS) is 16.8. The maximum absolute atomic E-state index is 12.9. The molecule has 5 nitrogen and oxygen atoms in total. The van der Waals surface area contributed by atoms with E-state index in [1.165, 1.54) is 23.3 Å². The average Bonchev–Trinajstić information content (AvgIpc) is 3.08. The first-order chi connectivity index (χ1) is 13.6. The number of carbonyl (C=O) groups is 2. The van der Waals surface area contributed by atoms with Crippen LogP contribution in [0.3, 0.4) is 0 Å². The van der Waals surface area contributed by atoms with Crippen LogP contribution in [0.15, 0.2) is 30.3 Å². The monoisotopic (exact) mass is 401 g/mol. The number of amides is 1. The first-order valence-corrected chi connectivity index (χ1v) is 10.6. The summed E-state index contributed by atoms with van der Waals surface area (Å²) in [6, 6.07) is 9.28. The summed E-state index contributed by atoms with van der Waals surface area (Å²) in [5.74, 6) is 0.640. The predicted molar refractivity (Wildman–Crippen MR) is 111 cm³/mol. The van der Waals surface area contributed by atoms with Crippen molar-refractivity contribution >= 4 is 28.2 Å². The lowest BCUT2D eigenvalue weighted by molar-refractivity contribution is -0.122. The number of hydrogen-bond acceptors (Lipinski definition) is 5. The van der Waals surface area contributed by atoms with Gasteiger partial charge in [-0.15, -0.1) is 11.3 Å². The molecule has 3 rings (SSSR count). The van der Waals surface area contributed by atoms with E-state index in [4.69, 9.17) is 9.47 Å². The SMILES string of the molecule is CC[C@H]1CCc2c(sc(NC(=O)[C@H](CC)Oc3ccccc3)c2C(=O)OC)C1. The Bertz CT molecular complexity index is 831. The van der Waals surface area contributed by atoms with Crippen molar-refractivity contribution in [2.24, 2.45) is 5.92 Å². The number of methoxy groups -OCH3 is 1. The lowest BCUT2D eigenvalue weighted by Crippen LogP contribution is -2.32. The van der Waals surface area contributed by atoms with Gasteiger partial charge in [0, 0.05) is 4.88 Å².